The Labute approximate surface area is 96.2 Å². The Morgan fingerprint density at radius 1 is 1.44 bits per heavy atom. The lowest BCUT2D eigenvalue weighted by molar-refractivity contribution is 0.0945. The van der Waals surface area contributed by atoms with E-state index in [0.29, 0.717) is 0 Å². The molecule has 16 heavy (non-hydrogen) atoms. The molecule has 0 radical (unpaired) electrons. The van der Waals surface area contributed by atoms with Gasteiger partial charge in [0.1, 0.15) is 0 Å². The first-order chi connectivity index (χ1) is 7.70. The second-order valence-corrected chi connectivity index (χ2v) is 4.46. The molecule has 1 aliphatic heterocycles. The molecule has 3 heteroatoms. The van der Waals surface area contributed by atoms with Crippen molar-refractivity contribution < 1.29 is 4.79 Å². The number of unbranched alkanes of at least 4 members (excludes halogenated alkanes) is 2. The molecule has 0 atom stereocenters. The van der Waals surface area contributed by atoms with Crippen LogP contribution in [0.3, 0.4) is 0 Å². The maximum absolute atomic E-state index is 11.8. The summed E-state index contributed by atoms with van der Waals surface area (Å²) in [6.07, 6.45) is 7.33. The largest absolute Gasteiger partial charge is 0.271 e. The summed E-state index contributed by atoms with van der Waals surface area (Å²) in [6.45, 7) is 4.12. The van der Waals surface area contributed by atoms with Gasteiger partial charge in [0.2, 0.25) is 0 Å². The van der Waals surface area contributed by atoms with E-state index in [1.165, 1.54) is 29.5 Å². The minimum atomic E-state index is 0.0147. The molecule has 0 bridgehead atoms. The number of allylic oxidation sites excluding steroid dienone is 2. The lowest BCUT2D eigenvalue weighted by Gasteiger charge is -2.13. The van der Waals surface area contributed by atoms with Crippen LogP contribution in [0.5, 0.6) is 0 Å². The van der Waals surface area contributed by atoms with Crippen LogP contribution in [-0.4, -0.2) is 15.7 Å². The van der Waals surface area contributed by atoms with Gasteiger partial charge in [-0.1, -0.05) is 25.3 Å². The van der Waals surface area contributed by atoms with E-state index in [9.17, 15) is 4.79 Å². The zero-order chi connectivity index (χ0) is 11.5. The minimum absolute atomic E-state index is 0.0147. The number of nitrogens with zero attached hydrogens (tertiary/aromatic N) is 2. The van der Waals surface area contributed by atoms with Gasteiger partial charge in [-0.25, -0.2) is 4.68 Å². The molecule has 1 aromatic heterocycles. The maximum atomic E-state index is 11.8. The van der Waals surface area contributed by atoms with Crippen molar-refractivity contribution in [1.29, 1.82) is 0 Å². The lowest BCUT2D eigenvalue weighted by atomic mass is 10.00. The number of aryl methyl sites for hydroxylation is 1. The first-order valence-electron chi connectivity index (χ1n) is 6.00. The van der Waals surface area contributed by atoms with Gasteiger partial charge >= 0.3 is 0 Å². The molecule has 86 valence electrons. The summed E-state index contributed by atoms with van der Waals surface area (Å²) in [4.78, 5) is 11.8. The highest BCUT2D eigenvalue weighted by molar-refractivity contribution is 5.91. The summed E-state index contributed by atoms with van der Waals surface area (Å²) in [5.41, 5.74) is 3.22. The third-order valence-corrected chi connectivity index (χ3v) is 2.95. The monoisotopic (exact) mass is 218 g/mol. The molecular weight excluding hydrogens is 200 g/mol. The van der Waals surface area contributed by atoms with E-state index in [2.05, 4.69) is 12.0 Å². The van der Waals surface area contributed by atoms with E-state index < -0.39 is 0 Å². The number of rotatable bonds is 4. The molecule has 0 saturated carbocycles. The maximum Gasteiger partial charge on any atom is 0.271 e. The molecule has 0 amide bonds. The van der Waals surface area contributed by atoms with Crippen LogP contribution >= 0.6 is 0 Å². The smallest absolute Gasteiger partial charge is 0.267 e. The van der Waals surface area contributed by atoms with Crippen LogP contribution in [0.4, 0.5) is 0 Å². The summed E-state index contributed by atoms with van der Waals surface area (Å²) in [5, 5.41) is 4.19. The summed E-state index contributed by atoms with van der Waals surface area (Å²) in [7, 11) is 0. The number of hydrogen-bond acceptors (Lipinski definition) is 2. The Kier molecular flexibility index (Phi) is 3.22. The molecule has 0 aliphatic carbocycles. The van der Waals surface area contributed by atoms with E-state index >= 15 is 0 Å². The zero-order valence-corrected chi connectivity index (χ0v) is 9.99. The summed E-state index contributed by atoms with van der Waals surface area (Å²) < 4.78 is 1.53. The van der Waals surface area contributed by atoms with Gasteiger partial charge in [0.25, 0.3) is 5.91 Å². The van der Waals surface area contributed by atoms with E-state index in [-0.39, 0.29) is 5.91 Å². The molecule has 0 unspecified atom stereocenters. The molecule has 1 aliphatic rings. The molecule has 1 aromatic rings. The van der Waals surface area contributed by atoms with Gasteiger partial charge in [-0.3, -0.25) is 4.79 Å². The predicted molar refractivity (Wildman–Crippen MR) is 63.5 cm³/mol. The van der Waals surface area contributed by atoms with Crippen molar-refractivity contribution in [2.75, 3.05) is 0 Å². The Morgan fingerprint density at radius 3 is 3.00 bits per heavy atom. The molecule has 0 spiro atoms. The SMILES string of the molecule is CCCCCC1=CC(=O)n2nc(C)cc2C1. The molecule has 0 fully saturated rings. The predicted octanol–water partition coefficient (Wildman–Crippen LogP) is 2.89. The lowest BCUT2D eigenvalue weighted by Crippen LogP contribution is -2.18. The molecule has 3 nitrogen and oxygen atoms in total. The van der Waals surface area contributed by atoms with Gasteiger partial charge in [-0.05, 0) is 25.8 Å². The van der Waals surface area contributed by atoms with Crippen molar-refractivity contribution in [2.24, 2.45) is 0 Å². The Hall–Kier alpha value is -1.38. The standard InChI is InChI=1S/C13H18N2O/c1-3-4-5-6-11-8-12-7-10(2)14-15(12)13(16)9-11/h7,9H,3-6,8H2,1-2H3. The van der Waals surface area contributed by atoms with Crippen molar-refractivity contribution in [2.45, 2.75) is 46.0 Å². The molecule has 2 rings (SSSR count). The zero-order valence-electron chi connectivity index (χ0n) is 9.99. The molecule has 0 saturated heterocycles. The third kappa shape index (κ3) is 2.23. The van der Waals surface area contributed by atoms with Crippen LogP contribution in [0.1, 0.15) is 48.8 Å². The van der Waals surface area contributed by atoms with Crippen molar-refractivity contribution in [3.63, 3.8) is 0 Å². The van der Waals surface area contributed by atoms with Gasteiger partial charge < -0.3 is 0 Å². The fourth-order valence-electron chi connectivity index (χ4n) is 2.15. The fourth-order valence-corrected chi connectivity index (χ4v) is 2.15. The molecule has 2 heterocycles. The van der Waals surface area contributed by atoms with Crippen molar-refractivity contribution >= 4 is 5.91 Å². The molecule has 0 N–H and O–H groups in total. The number of carbonyl (C=O) groups is 1. The van der Waals surface area contributed by atoms with Crippen molar-refractivity contribution in [1.82, 2.24) is 9.78 Å². The average Bonchev–Trinajstić information content (AvgIpc) is 2.60. The van der Waals surface area contributed by atoms with Crippen molar-refractivity contribution in [3.8, 4) is 0 Å². The fraction of sp³-hybridized carbons (Fsp3) is 0.538. The second-order valence-electron chi connectivity index (χ2n) is 4.46. The van der Waals surface area contributed by atoms with Crippen LogP contribution in [0.2, 0.25) is 0 Å². The number of fused-ring (bicyclic) bond motifs is 1. The van der Waals surface area contributed by atoms with Gasteiger partial charge in [0, 0.05) is 12.5 Å². The van der Waals surface area contributed by atoms with E-state index in [4.69, 9.17) is 0 Å². The normalized spacial score (nSPS) is 14.9. The third-order valence-electron chi connectivity index (χ3n) is 2.95. The second kappa shape index (κ2) is 4.64. The number of hydrogen-bond donors (Lipinski definition) is 0. The summed E-state index contributed by atoms with van der Waals surface area (Å²) in [6, 6.07) is 2.00. The van der Waals surface area contributed by atoms with E-state index in [0.717, 1.165) is 24.2 Å². The number of aromatic nitrogens is 2. The van der Waals surface area contributed by atoms with Crippen molar-refractivity contribution in [3.05, 3.63) is 29.1 Å². The topological polar surface area (TPSA) is 34.9 Å². The van der Waals surface area contributed by atoms with Gasteiger partial charge in [0.05, 0.1) is 11.4 Å². The Bertz CT molecular complexity index is 429. The van der Waals surface area contributed by atoms with Crippen LogP contribution in [-0.2, 0) is 6.42 Å². The molecule has 0 aromatic carbocycles. The average molecular weight is 218 g/mol. The van der Waals surface area contributed by atoms with Crippen LogP contribution in [0.15, 0.2) is 17.7 Å². The Morgan fingerprint density at radius 2 is 2.25 bits per heavy atom. The highest BCUT2D eigenvalue weighted by atomic mass is 16.2. The molecular formula is C13H18N2O. The van der Waals surface area contributed by atoms with E-state index in [1.54, 1.807) is 6.08 Å². The summed E-state index contributed by atoms with van der Waals surface area (Å²) >= 11 is 0. The minimum Gasteiger partial charge on any atom is -0.267 e. The van der Waals surface area contributed by atoms with Crippen LogP contribution < -0.4 is 0 Å². The van der Waals surface area contributed by atoms with E-state index in [1.807, 2.05) is 13.0 Å². The van der Waals surface area contributed by atoms with Gasteiger partial charge in [-0.15, -0.1) is 0 Å². The first-order valence-corrected chi connectivity index (χ1v) is 6.00. The van der Waals surface area contributed by atoms with Crippen LogP contribution in [0.25, 0.3) is 0 Å². The van der Waals surface area contributed by atoms with Gasteiger partial charge in [0.15, 0.2) is 0 Å². The highest BCUT2D eigenvalue weighted by Gasteiger charge is 2.18. The Balaban J connectivity index is 2.07. The van der Waals surface area contributed by atoms with Crippen LogP contribution in [0, 0.1) is 6.92 Å². The van der Waals surface area contributed by atoms with Gasteiger partial charge in [-0.2, -0.15) is 5.10 Å². The number of carbonyl (C=O) groups excluding carboxylic acids is 1. The quantitative estimate of drug-likeness (QED) is 0.728. The highest BCUT2D eigenvalue weighted by Crippen LogP contribution is 2.20. The summed E-state index contributed by atoms with van der Waals surface area (Å²) in [5.74, 6) is 0.0147. The first kappa shape index (κ1) is 11.1.